The molecule has 3 aliphatic carbocycles. The highest BCUT2D eigenvalue weighted by molar-refractivity contribution is 5.39. The maximum absolute atomic E-state index is 11.0. The number of ether oxygens (including phenoxy) is 3. The van der Waals surface area contributed by atoms with Crippen LogP contribution < -0.4 is 0 Å². The molecule has 0 aromatic heterocycles. The van der Waals surface area contributed by atoms with Crippen molar-refractivity contribution < 1.29 is 19.3 Å². The fourth-order valence-corrected chi connectivity index (χ4v) is 9.53. The van der Waals surface area contributed by atoms with Crippen molar-refractivity contribution in [2.45, 2.75) is 129 Å². The highest BCUT2D eigenvalue weighted by atomic mass is 16.5. The van der Waals surface area contributed by atoms with E-state index in [-0.39, 0.29) is 18.3 Å². The van der Waals surface area contributed by atoms with E-state index in [0.29, 0.717) is 43.0 Å². The van der Waals surface area contributed by atoms with Gasteiger partial charge in [0.1, 0.15) is 0 Å². The lowest BCUT2D eigenvalue weighted by Crippen LogP contribution is -2.39. The zero-order valence-corrected chi connectivity index (χ0v) is 32.1. The quantitative estimate of drug-likeness (QED) is 0.171. The highest BCUT2D eigenvalue weighted by Gasteiger charge is 2.50. The molecule has 52 heavy (non-hydrogen) atoms. The molecule has 0 amide bonds. The van der Waals surface area contributed by atoms with Gasteiger partial charge in [-0.15, -0.1) is 0 Å². The van der Waals surface area contributed by atoms with Gasteiger partial charge in [0.25, 0.3) is 0 Å². The summed E-state index contributed by atoms with van der Waals surface area (Å²) in [6.07, 6.45) is 14.5. The number of hydrogen-bond acceptors (Lipinski definition) is 4. The molecule has 0 saturated heterocycles. The summed E-state index contributed by atoms with van der Waals surface area (Å²) >= 11 is 0. The van der Waals surface area contributed by atoms with Crippen LogP contribution in [0.5, 0.6) is 0 Å². The molecular formula is C48H62O4. The summed E-state index contributed by atoms with van der Waals surface area (Å²) in [6.45, 7) is 15.1. The highest BCUT2D eigenvalue weighted by Crippen LogP contribution is 2.60. The average molecular weight is 703 g/mol. The van der Waals surface area contributed by atoms with Gasteiger partial charge in [0.05, 0.1) is 43.7 Å². The van der Waals surface area contributed by atoms with Crippen LogP contribution in [0.25, 0.3) is 0 Å². The first-order valence-electron chi connectivity index (χ1n) is 19.9. The van der Waals surface area contributed by atoms with E-state index in [0.717, 1.165) is 36.8 Å². The van der Waals surface area contributed by atoms with Gasteiger partial charge < -0.3 is 19.3 Å². The molecule has 0 spiro atoms. The third kappa shape index (κ3) is 9.82. The second-order valence-corrected chi connectivity index (χ2v) is 16.7. The van der Waals surface area contributed by atoms with Gasteiger partial charge >= 0.3 is 0 Å². The third-order valence-electron chi connectivity index (χ3n) is 12.5. The van der Waals surface area contributed by atoms with Gasteiger partial charge in [0, 0.05) is 6.42 Å². The van der Waals surface area contributed by atoms with Crippen molar-refractivity contribution in [3.05, 3.63) is 143 Å². The van der Waals surface area contributed by atoms with E-state index in [9.17, 15) is 5.11 Å². The zero-order chi connectivity index (χ0) is 36.6. The van der Waals surface area contributed by atoms with Gasteiger partial charge in [-0.3, -0.25) is 0 Å². The number of allylic oxidation sites excluding steroid dienone is 3. The standard InChI is InChI=1S/C48H62O4/c1-35(23-28-46(47(3,4)49)52-34-39-20-13-8-14-21-39)43-26-27-44-40(22-15-29-48(43,44)5)24-25-41-30-42(50-32-37-16-9-6-10-17-37)31-45(36(41)2)51-33-38-18-11-7-12-19-38/h6-14,16-21,24-25,35,42-46,49H,2,15,22-23,26-34H2,1,3-5H3/b40-24?,41-25-/t35-,42-,43-,44?,45-,46-,48-/m1/s1. The third-order valence-corrected chi connectivity index (χ3v) is 12.5. The lowest BCUT2D eigenvalue weighted by atomic mass is 9.60. The number of aliphatic hydroxyl groups is 1. The van der Waals surface area contributed by atoms with Crippen LogP contribution in [0.4, 0.5) is 0 Å². The Bertz CT molecular complexity index is 1620. The van der Waals surface area contributed by atoms with Crippen molar-refractivity contribution in [1.29, 1.82) is 0 Å². The average Bonchev–Trinajstić information content (AvgIpc) is 3.51. The Kier molecular flexibility index (Phi) is 13.1. The van der Waals surface area contributed by atoms with Gasteiger partial charge in [0.2, 0.25) is 0 Å². The Labute approximate surface area is 314 Å². The molecule has 3 saturated carbocycles. The molecule has 3 aromatic rings. The molecule has 1 N–H and O–H groups in total. The lowest BCUT2D eigenvalue weighted by molar-refractivity contribution is -0.101. The number of benzene rings is 3. The van der Waals surface area contributed by atoms with Crippen LogP contribution in [0.1, 0.15) is 102 Å². The predicted molar refractivity (Wildman–Crippen MR) is 212 cm³/mol. The Morgan fingerprint density at radius 3 is 2.04 bits per heavy atom. The van der Waals surface area contributed by atoms with Gasteiger partial charge in [-0.25, -0.2) is 0 Å². The molecule has 4 heteroatoms. The second-order valence-electron chi connectivity index (χ2n) is 16.7. The van der Waals surface area contributed by atoms with Crippen molar-refractivity contribution in [1.82, 2.24) is 0 Å². The molecule has 4 nitrogen and oxygen atoms in total. The minimum atomic E-state index is -0.884. The molecule has 0 radical (unpaired) electrons. The van der Waals surface area contributed by atoms with Crippen molar-refractivity contribution in [3.63, 3.8) is 0 Å². The smallest absolute Gasteiger partial charge is 0.0861 e. The van der Waals surface area contributed by atoms with Crippen molar-refractivity contribution in [3.8, 4) is 0 Å². The first-order valence-corrected chi connectivity index (χ1v) is 19.9. The SMILES string of the molecule is C=C1/C(=C\C=C2CCC[C@@]3(C)C2CC[C@@H]3[C@H](C)CC[C@@H](OCc2ccccc2)C(C)(C)O)C[C@@H](OCc2ccccc2)C[C@H]1OCc1ccccc1. The van der Waals surface area contributed by atoms with E-state index in [1.807, 2.05) is 38.1 Å². The Hall–Kier alpha value is -3.28. The van der Waals surface area contributed by atoms with Crippen LogP contribution in [0.15, 0.2) is 126 Å². The van der Waals surface area contributed by atoms with Crippen molar-refractivity contribution in [2.75, 3.05) is 0 Å². The van der Waals surface area contributed by atoms with Gasteiger partial charge in [-0.1, -0.05) is 129 Å². The molecule has 3 aromatic carbocycles. The molecule has 0 bridgehead atoms. The van der Waals surface area contributed by atoms with Gasteiger partial charge in [-0.2, -0.15) is 0 Å². The van der Waals surface area contributed by atoms with E-state index in [1.165, 1.54) is 48.8 Å². The first kappa shape index (κ1) is 38.4. The van der Waals surface area contributed by atoms with Crippen molar-refractivity contribution in [2.24, 2.45) is 23.2 Å². The minimum absolute atomic E-state index is 0.0721. The second kappa shape index (κ2) is 17.7. The molecule has 1 unspecified atom stereocenters. The molecule has 3 aliphatic rings. The summed E-state index contributed by atoms with van der Waals surface area (Å²) in [5.74, 6) is 1.85. The summed E-state index contributed by atoms with van der Waals surface area (Å²) in [7, 11) is 0. The molecule has 0 aliphatic heterocycles. The lowest BCUT2D eigenvalue weighted by Gasteiger charge is -2.44. The van der Waals surface area contributed by atoms with E-state index in [1.54, 1.807) is 5.57 Å². The summed E-state index contributed by atoms with van der Waals surface area (Å²) in [6, 6.07) is 31.2. The minimum Gasteiger partial charge on any atom is -0.388 e. The molecule has 0 heterocycles. The van der Waals surface area contributed by atoms with Crippen LogP contribution in [-0.4, -0.2) is 29.0 Å². The monoisotopic (exact) mass is 702 g/mol. The summed E-state index contributed by atoms with van der Waals surface area (Å²) in [5.41, 5.74) is 6.90. The topological polar surface area (TPSA) is 47.9 Å². The van der Waals surface area contributed by atoms with Crippen LogP contribution in [0.2, 0.25) is 0 Å². The maximum atomic E-state index is 11.0. The van der Waals surface area contributed by atoms with Crippen LogP contribution >= 0.6 is 0 Å². The molecule has 6 rings (SSSR count). The Balaban J connectivity index is 1.12. The van der Waals surface area contributed by atoms with Gasteiger partial charge in [-0.05, 0) is 116 Å². The molecule has 7 atom stereocenters. The predicted octanol–water partition coefficient (Wildman–Crippen LogP) is 11.3. The molecular weight excluding hydrogens is 641 g/mol. The largest absolute Gasteiger partial charge is 0.388 e. The van der Waals surface area contributed by atoms with E-state index in [2.05, 4.69) is 99.3 Å². The summed E-state index contributed by atoms with van der Waals surface area (Å²) in [4.78, 5) is 0. The van der Waals surface area contributed by atoms with E-state index < -0.39 is 5.60 Å². The fraction of sp³-hybridized carbons (Fsp3) is 0.500. The molecule has 278 valence electrons. The van der Waals surface area contributed by atoms with E-state index >= 15 is 0 Å². The van der Waals surface area contributed by atoms with Crippen LogP contribution in [-0.2, 0) is 34.0 Å². The summed E-state index contributed by atoms with van der Waals surface area (Å²) < 4.78 is 19.4. The fourth-order valence-electron chi connectivity index (χ4n) is 9.53. The van der Waals surface area contributed by atoms with Crippen LogP contribution in [0.3, 0.4) is 0 Å². The number of hydrogen-bond donors (Lipinski definition) is 1. The zero-order valence-electron chi connectivity index (χ0n) is 32.1. The Morgan fingerprint density at radius 1 is 0.827 bits per heavy atom. The first-order chi connectivity index (χ1) is 25.1. The van der Waals surface area contributed by atoms with Crippen molar-refractivity contribution >= 4 is 0 Å². The molecule has 3 fully saturated rings. The maximum Gasteiger partial charge on any atom is 0.0861 e. The van der Waals surface area contributed by atoms with Crippen LogP contribution in [0, 0.1) is 23.2 Å². The van der Waals surface area contributed by atoms with E-state index in [4.69, 9.17) is 14.2 Å². The number of fused-ring (bicyclic) bond motifs is 1. The Morgan fingerprint density at radius 2 is 1.42 bits per heavy atom. The normalized spacial score (nSPS) is 27.8. The number of rotatable bonds is 15. The summed E-state index contributed by atoms with van der Waals surface area (Å²) in [5, 5.41) is 11.0. The van der Waals surface area contributed by atoms with Gasteiger partial charge in [0.15, 0.2) is 0 Å².